The SMILES string of the molecule is C.CC(C)(C)CCCc1ccncc1.CC(C)(C)CCCn1cncn1.CC(C)(C)NCc1ccncc1. The average molecular weight is 525 g/mol. The predicted octanol–water partition coefficient (Wildman–Crippen LogP) is 8.16. The second-order valence-corrected chi connectivity index (χ2v) is 13.1. The molecule has 0 spiro atoms. The zero-order valence-corrected chi connectivity index (χ0v) is 25.0. The van der Waals surface area contributed by atoms with Gasteiger partial charge >= 0.3 is 0 Å². The number of rotatable bonds is 8. The summed E-state index contributed by atoms with van der Waals surface area (Å²) >= 11 is 0. The first-order valence-corrected chi connectivity index (χ1v) is 13.6. The number of hydrogen-bond donors (Lipinski definition) is 1. The third-order valence-corrected chi connectivity index (χ3v) is 5.49. The highest BCUT2D eigenvalue weighted by Crippen LogP contribution is 2.22. The molecule has 0 fully saturated rings. The van der Waals surface area contributed by atoms with E-state index in [-0.39, 0.29) is 13.0 Å². The maximum Gasteiger partial charge on any atom is 0.137 e. The molecule has 6 heteroatoms. The topological polar surface area (TPSA) is 68.5 Å². The molecule has 3 rings (SSSR count). The van der Waals surface area contributed by atoms with Crippen LogP contribution in [0.2, 0.25) is 0 Å². The summed E-state index contributed by atoms with van der Waals surface area (Å²) in [5.41, 5.74) is 3.76. The quantitative estimate of drug-likeness (QED) is 0.322. The van der Waals surface area contributed by atoms with E-state index in [4.69, 9.17) is 0 Å². The summed E-state index contributed by atoms with van der Waals surface area (Å²) in [7, 11) is 0. The van der Waals surface area contributed by atoms with Crippen molar-refractivity contribution in [2.24, 2.45) is 10.8 Å². The highest BCUT2D eigenvalue weighted by molar-refractivity contribution is 5.10. The van der Waals surface area contributed by atoms with E-state index in [0.29, 0.717) is 10.8 Å². The number of aromatic nitrogens is 5. The fraction of sp³-hybridized carbons (Fsp3) is 0.625. The Balaban J connectivity index is 0.000000534. The Morgan fingerprint density at radius 3 is 1.63 bits per heavy atom. The molecule has 0 aliphatic carbocycles. The van der Waals surface area contributed by atoms with Gasteiger partial charge in [0.1, 0.15) is 12.7 Å². The van der Waals surface area contributed by atoms with Crippen molar-refractivity contribution in [2.45, 2.75) is 120 Å². The maximum atomic E-state index is 4.04. The highest BCUT2D eigenvalue weighted by atomic mass is 15.3. The second kappa shape index (κ2) is 17.8. The van der Waals surface area contributed by atoms with E-state index >= 15 is 0 Å². The van der Waals surface area contributed by atoms with Crippen molar-refractivity contribution in [3.8, 4) is 0 Å². The first kappa shape index (κ1) is 35.4. The minimum Gasteiger partial charge on any atom is -0.308 e. The summed E-state index contributed by atoms with van der Waals surface area (Å²) in [6.07, 6.45) is 16.9. The number of nitrogens with zero attached hydrogens (tertiary/aromatic N) is 5. The first-order chi connectivity index (χ1) is 17.2. The fourth-order valence-corrected chi connectivity index (χ4v) is 3.36. The molecule has 0 bridgehead atoms. The Kier molecular flexibility index (Phi) is 16.6. The molecule has 0 unspecified atom stereocenters. The van der Waals surface area contributed by atoms with Crippen molar-refractivity contribution in [2.75, 3.05) is 0 Å². The Bertz CT molecular complexity index is 918. The fourth-order valence-electron chi connectivity index (χ4n) is 3.36. The smallest absolute Gasteiger partial charge is 0.137 e. The maximum absolute atomic E-state index is 4.04. The standard InChI is InChI=1S/C12H19N.C10H16N2.C9H17N3.CH4/c1-12(2,3)8-4-5-11-6-9-13-10-7-11;1-10(2,3)12-8-9-4-6-11-7-5-9;1-9(2,3)5-4-6-12-8-10-7-11-12;/h6-7,9-10H,4-5,8H2,1-3H3;4-7,12H,8H2,1-3H3;7-8H,4-6H2,1-3H3;1H4. The molecular weight excluding hydrogens is 468 g/mol. The van der Waals surface area contributed by atoms with Crippen molar-refractivity contribution in [1.82, 2.24) is 30.0 Å². The summed E-state index contributed by atoms with van der Waals surface area (Å²) in [5.74, 6) is 0. The monoisotopic (exact) mass is 524 g/mol. The van der Waals surface area contributed by atoms with Crippen LogP contribution < -0.4 is 5.32 Å². The molecule has 0 aliphatic heterocycles. The average Bonchev–Trinajstić information content (AvgIpc) is 3.31. The molecule has 3 aromatic heterocycles. The van der Waals surface area contributed by atoms with Gasteiger partial charge in [0.05, 0.1) is 0 Å². The third-order valence-electron chi connectivity index (χ3n) is 5.49. The molecule has 1 N–H and O–H groups in total. The van der Waals surface area contributed by atoms with Crippen molar-refractivity contribution < 1.29 is 0 Å². The molecule has 3 aromatic rings. The highest BCUT2D eigenvalue weighted by Gasteiger charge is 2.10. The van der Waals surface area contributed by atoms with E-state index in [1.54, 1.807) is 12.7 Å². The summed E-state index contributed by atoms with van der Waals surface area (Å²) < 4.78 is 1.88. The van der Waals surface area contributed by atoms with Crippen LogP contribution in [0.3, 0.4) is 0 Å². The van der Waals surface area contributed by atoms with Gasteiger partial charge in [0, 0.05) is 43.4 Å². The third kappa shape index (κ3) is 21.5. The van der Waals surface area contributed by atoms with Gasteiger partial charge in [0.2, 0.25) is 0 Å². The summed E-state index contributed by atoms with van der Waals surface area (Å²) in [5, 5.41) is 7.45. The summed E-state index contributed by atoms with van der Waals surface area (Å²) in [4.78, 5) is 11.9. The van der Waals surface area contributed by atoms with Gasteiger partial charge in [-0.25, -0.2) is 4.98 Å². The van der Waals surface area contributed by atoms with Gasteiger partial charge in [0.25, 0.3) is 0 Å². The Morgan fingerprint density at radius 1 is 0.684 bits per heavy atom. The van der Waals surface area contributed by atoms with Crippen molar-refractivity contribution >= 4 is 0 Å². The van der Waals surface area contributed by atoms with Crippen LogP contribution in [-0.4, -0.2) is 30.3 Å². The van der Waals surface area contributed by atoms with Crippen LogP contribution in [0.25, 0.3) is 0 Å². The lowest BCUT2D eigenvalue weighted by Crippen LogP contribution is -2.35. The molecule has 0 aliphatic rings. The van der Waals surface area contributed by atoms with E-state index in [2.05, 4.69) is 99.8 Å². The molecule has 0 radical (unpaired) electrons. The molecule has 0 aromatic carbocycles. The zero-order chi connectivity index (χ0) is 27.8. The van der Waals surface area contributed by atoms with E-state index in [1.807, 2.05) is 41.6 Å². The van der Waals surface area contributed by atoms with E-state index in [9.17, 15) is 0 Å². The van der Waals surface area contributed by atoms with Crippen LogP contribution >= 0.6 is 0 Å². The molecule has 6 nitrogen and oxygen atoms in total. The van der Waals surface area contributed by atoms with Gasteiger partial charge in [-0.05, 0) is 99.1 Å². The van der Waals surface area contributed by atoms with Crippen molar-refractivity contribution in [1.29, 1.82) is 0 Å². The van der Waals surface area contributed by atoms with Gasteiger partial charge in [-0.15, -0.1) is 0 Å². The van der Waals surface area contributed by atoms with Gasteiger partial charge in [0.15, 0.2) is 0 Å². The number of aryl methyl sites for hydroxylation is 2. The molecule has 3 heterocycles. The van der Waals surface area contributed by atoms with Crippen molar-refractivity contribution in [3.05, 3.63) is 72.8 Å². The minimum absolute atomic E-state index is 0. The Morgan fingerprint density at radius 2 is 1.18 bits per heavy atom. The lowest BCUT2D eigenvalue weighted by atomic mass is 9.89. The first-order valence-electron chi connectivity index (χ1n) is 13.6. The summed E-state index contributed by atoms with van der Waals surface area (Å²) in [6, 6.07) is 8.25. The molecule has 0 saturated heterocycles. The molecule has 0 atom stereocenters. The zero-order valence-electron chi connectivity index (χ0n) is 25.0. The van der Waals surface area contributed by atoms with E-state index in [0.717, 1.165) is 13.1 Å². The van der Waals surface area contributed by atoms with Gasteiger partial charge in [-0.2, -0.15) is 5.10 Å². The molecule has 0 amide bonds. The van der Waals surface area contributed by atoms with Crippen LogP contribution in [0.4, 0.5) is 0 Å². The van der Waals surface area contributed by atoms with E-state index < -0.39 is 0 Å². The van der Waals surface area contributed by atoms with Gasteiger partial charge in [-0.1, -0.05) is 49.0 Å². The van der Waals surface area contributed by atoms with Crippen LogP contribution in [0.1, 0.15) is 107 Å². The Hall–Kier alpha value is -2.60. The molecule has 38 heavy (non-hydrogen) atoms. The minimum atomic E-state index is 0. The van der Waals surface area contributed by atoms with Crippen LogP contribution in [0.5, 0.6) is 0 Å². The molecule has 0 saturated carbocycles. The number of nitrogens with one attached hydrogen (secondary N) is 1. The molecular formula is C32H56N6. The summed E-state index contributed by atoms with van der Waals surface area (Å²) in [6.45, 7) is 22.0. The van der Waals surface area contributed by atoms with Crippen LogP contribution in [0.15, 0.2) is 61.7 Å². The largest absolute Gasteiger partial charge is 0.308 e. The van der Waals surface area contributed by atoms with Crippen molar-refractivity contribution in [3.63, 3.8) is 0 Å². The molecule has 214 valence electrons. The number of pyridine rings is 2. The van der Waals surface area contributed by atoms with E-state index in [1.165, 1.54) is 43.2 Å². The van der Waals surface area contributed by atoms with Gasteiger partial charge in [-0.3, -0.25) is 14.6 Å². The lowest BCUT2D eigenvalue weighted by Gasteiger charge is -2.20. The van der Waals surface area contributed by atoms with Gasteiger partial charge < -0.3 is 5.32 Å². The Labute approximate surface area is 234 Å². The van der Waals surface area contributed by atoms with Crippen LogP contribution in [0, 0.1) is 10.8 Å². The number of hydrogen-bond acceptors (Lipinski definition) is 5. The second-order valence-electron chi connectivity index (χ2n) is 13.1. The lowest BCUT2D eigenvalue weighted by molar-refractivity contribution is 0.349. The van der Waals surface area contributed by atoms with Crippen LogP contribution in [-0.2, 0) is 19.5 Å². The normalized spacial score (nSPS) is 11.4. The predicted molar refractivity (Wildman–Crippen MR) is 163 cm³/mol.